The highest BCUT2D eigenvalue weighted by atomic mass is 16.1. The van der Waals surface area contributed by atoms with E-state index in [-0.39, 0.29) is 0 Å². The number of ketones is 1. The smallest absolute Gasteiger partial charge is 0.139 e. The van der Waals surface area contributed by atoms with Gasteiger partial charge < -0.3 is 9.69 Å². The quantitative estimate of drug-likeness (QED) is 0.495. The van der Waals surface area contributed by atoms with Crippen molar-refractivity contribution in [2.75, 3.05) is 19.0 Å². The van der Waals surface area contributed by atoms with Gasteiger partial charge in [0.2, 0.25) is 0 Å². The zero-order valence-corrected chi connectivity index (χ0v) is 20.4. The highest BCUT2D eigenvalue weighted by Gasteiger charge is 2.13. The van der Waals surface area contributed by atoms with Gasteiger partial charge in [0.25, 0.3) is 0 Å². The molecule has 1 aliphatic rings. The van der Waals surface area contributed by atoms with E-state index in [0.29, 0.717) is 5.78 Å². The molecule has 0 atom stereocenters. The number of hydrogen-bond acceptors (Lipinski definition) is 4. The number of hydrogen-bond donors (Lipinski definition) is 0. The Morgan fingerprint density at radius 1 is 1.00 bits per heavy atom. The number of aryl methyl sites for hydroxylation is 1. The zero-order chi connectivity index (χ0) is 22.5. The highest BCUT2D eigenvalue weighted by molar-refractivity contribution is 5.89. The van der Waals surface area contributed by atoms with Crippen LogP contribution >= 0.6 is 0 Å². The fourth-order valence-corrected chi connectivity index (χ4v) is 3.56. The molecule has 0 spiro atoms. The molecule has 30 heavy (non-hydrogen) atoms. The third kappa shape index (κ3) is 10.2. The lowest BCUT2D eigenvalue weighted by Crippen LogP contribution is -2.12. The van der Waals surface area contributed by atoms with E-state index in [1.165, 1.54) is 38.5 Å². The second kappa shape index (κ2) is 14.1. The van der Waals surface area contributed by atoms with Crippen molar-refractivity contribution >= 4 is 22.5 Å². The third-order valence-corrected chi connectivity index (χ3v) is 5.56. The molecule has 1 fully saturated rings. The van der Waals surface area contributed by atoms with E-state index in [1.54, 1.807) is 6.92 Å². The second-order valence-corrected chi connectivity index (χ2v) is 9.03. The molecular weight excluding hydrogens is 370 g/mol. The van der Waals surface area contributed by atoms with Crippen LogP contribution in [0.2, 0.25) is 0 Å². The molecule has 0 saturated heterocycles. The van der Waals surface area contributed by atoms with E-state index >= 15 is 0 Å². The molecule has 0 N–H and O–H groups in total. The molecule has 0 unspecified atom stereocenters. The number of unbranched alkanes of at least 4 members (excludes halogenated alkanes) is 2. The van der Waals surface area contributed by atoms with Gasteiger partial charge in [0.05, 0.1) is 5.52 Å². The molecular formula is C26H43N3O. The first kappa shape index (κ1) is 26.1. The van der Waals surface area contributed by atoms with Crippen LogP contribution in [0.4, 0.5) is 5.82 Å². The Balaban J connectivity index is 0.000000243. The van der Waals surface area contributed by atoms with Gasteiger partial charge in [-0.15, -0.1) is 0 Å². The van der Waals surface area contributed by atoms with Crippen LogP contribution in [-0.2, 0) is 4.79 Å². The van der Waals surface area contributed by atoms with Crippen molar-refractivity contribution in [3.05, 3.63) is 30.1 Å². The number of nitrogens with zero attached hydrogens (tertiary/aromatic N) is 3. The van der Waals surface area contributed by atoms with Gasteiger partial charge in [-0.2, -0.15) is 0 Å². The van der Waals surface area contributed by atoms with Gasteiger partial charge in [-0.1, -0.05) is 71.4 Å². The second-order valence-electron chi connectivity index (χ2n) is 9.03. The number of fused-ring (bicyclic) bond motifs is 1. The molecule has 1 saturated carbocycles. The zero-order valence-electron chi connectivity index (χ0n) is 20.4. The largest absolute Gasteiger partial charge is 0.362 e. The summed E-state index contributed by atoms with van der Waals surface area (Å²) in [5.74, 6) is 4.15. The Morgan fingerprint density at radius 3 is 2.07 bits per heavy atom. The van der Waals surface area contributed by atoms with E-state index in [0.717, 1.165) is 47.2 Å². The standard InChI is InChI=1S/C11H13N3.C8H16.C7H14O/c1-8-12-10-7-5-4-6-9(10)11(13-8)14(2)3;1-7-3-5-8(2)6-4-7;1-3-4-5-6-7(2)8/h4-7H,1-3H3;7-8H,3-6H2,1-2H3;3-6H2,1-2H3. The molecule has 4 nitrogen and oxygen atoms in total. The lowest BCUT2D eigenvalue weighted by Gasteiger charge is -2.22. The third-order valence-electron chi connectivity index (χ3n) is 5.56. The topological polar surface area (TPSA) is 46.1 Å². The summed E-state index contributed by atoms with van der Waals surface area (Å²) >= 11 is 0. The van der Waals surface area contributed by atoms with E-state index in [9.17, 15) is 4.79 Å². The number of rotatable bonds is 5. The van der Waals surface area contributed by atoms with Gasteiger partial charge in [-0.05, 0) is 44.2 Å². The summed E-state index contributed by atoms with van der Waals surface area (Å²) in [7, 11) is 3.99. The molecule has 3 rings (SSSR count). The van der Waals surface area contributed by atoms with Crippen molar-refractivity contribution in [2.24, 2.45) is 11.8 Å². The molecule has 1 aliphatic carbocycles. The van der Waals surface area contributed by atoms with Crippen molar-refractivity contribution in [3.8, 4) is 0 Å². The molecule has 168 valence electrons. The number of aromatic nitrogens is 2. The molecule has 4 heteroatoms. The predicted octanol–water partition coefficient (Wildman–Crippen LogP) is 6.99. The Labute approximate surface area is 184 Å². The summed E-state index contributed by atoms with van der Waals surface area (Å²) in [6.07, 6.45) is 10.1. The predicted molar refractivity (Wildman–Crippen MR) is 130 cm³/mol. The van der Waals surface area contributed by atoms with Crippen LogP contribution in [0, 0.1) is 18.8 Å². The maximum Gasteiger partial charge on any atom is 0.139 e. The van der Waals surface area contributed by atoms with E-state index < -0.39 is 0 Å². The van der Waals surface area contributed by atoms with Crippen molar-refractivity contribution < 1.29 is 4.79 Å². The number of carbonyl (C=O) groups is 1. The Morgan fingerprint density at radius 2 is 1.57 bits per heavy atom. The molecule has 0 amide bonds. The normalized spacial score (nSPS) is 18.0. The van der Waals surface area contributed by atoms with Crippen LogP contribution in [0.1, 0.15) is 84.9 Å². The van der Waals surface area contributed by atoms with Crippen molar-refractivity contribution in [2.45, 2.75) is 86.0 Å². The van der Waals surface area contributed by atoms with Gasteiger partial charge in [0.15, 0.2) is 0 Å². The number of benzene rings is 1. The summed E-state index contributed by atoms with van der Waals surface area (Å²) < 4.78 is 0. The molecule has 1 heterocycles. The maximum atomic E-state index is 10.3. The van der Waals surface area contributed by atoms with Crippen LogP contribution < -0.4 is 4.90 Å². The van der Waals surface area contributed by atoms with E-state index in [1.807, 2.05) is 50.2 Å². The monoisotopic (exact) mass is 413 g/mol. The van der Waals surface area contributed by atoms with Gasteiger partial charge in [-0.3, -0.25) is 0 Å². The molecule has 1 aromatic heterocycles. The molecule has 0 radical (unpaired) electrons. The van der Waals surface area contributed by atoms with Gasteiger partial charge >= 0.3 is 0 Å². The van der Waals surface area contributed by atoms with E-state index in [4.69, 9.17) is 0 Å². The van der Waals surface area contributed by atoms with Gasteiger partial charge in [-0.25, -0.2) is 9.97 Å². The summed E-state index contributed by atoms with van der Waals surface area (Å²) in [6.45, 7) is 10.4. The van der Waals surface area contributed by atoms with Crippen LogP contribution in [0.3, 0.4) is 0 Å². The summed E-state index contributed by atoms with van der Waals surface area (Å²) in [6, 6.07) is 8.06. The Hall–Kier alpha value is -1.97. The fraction of sp³-hybridized carbons (Fsp3) is 0.654. The first-order valence-corrected chi connectivity index (χ1v) is 11.6. The van der Waals surface area contributed by atoms with Crippen molar-refractivity contribution in [1.82, 2.24) is 9.97 Å². The SMILES string of the molecule is CC1CCC(C)CC1.CCCCCC(C)=O.Cc1nc(N(C)C)c2ccccc2n1. The van der Waals surface area contributed by atoms with Crippen molar-refractivity contribution in [3.63, 3.8) is 0 Å². The summed E-state index contributed by atoms with van der Waals surface area (Å²) in [5.41, 5.74) is 1.00. The molecule has 0 bridgehead atoms. The first-order chi connectivity index (χ1) is 14.2. The number of para-hydroxylation sites is 1. The van der Waals surface area contributed by atoms with Gasteiger partial charge in [0, 0.05) is 25.9 Å². The molecule has 2 aromatic rings. The van der Waals surface area contributed by atoms with Crippen LogP contribution in [0.15, 0.2) is 24.3 Å². The van der Waals surface area contributed by atoms with Crippen LogP contribution in [0.25, 0.3) is 10.9 Å². The van der Waals surface area contributed by atoms with Crippen LogP contribution in [0.5, 0.6) is 0 Å². The van der Waals surface area contributed by atoms with Crippen LogP contribution in [-0.4, -0.2) is 29.8 Å². The highest BCUT2D eigenvalue weighted by Crippen LogP contribution is 2.27. The number of Topliss-reactive ketones (excluding diaryl/α,β-unsaturated/α-hetero) is 1. The minimum absolute atomic E-state index is 0.318. The summed E-state index contributed by atoms with van der Waals surface area (Å²) in [4.78, 5) is 21.1. The molecule has 0 aliphatic heterocycles. The minimum Gasteiger partial charge on any atom is -0.362 e. The lowest BCUT2D eigenvalue weighted by atomic mass is 9.84. The average molecular weight is 414 g/mol. The number of anilines is 1. The summed E-state index contributed by atoms with van der Waals surface area (Å²) in [5, 5.41) is 1.10. The Bertz CT molecular complexity index is 739. The Kier molecular flexibility index (Phi) is 12.3. The maximum absolute atomic E-state index is 10.3. The minimum atomic E-state index is 0.318. The van der Waals surface area contributed by atoms with Crippen molar-refractivity contribution in [1.29, 1.82) is 0 Å². The lowest BCUT2D eigenvalue weighted by molar-refractivity contribution is -0.117. The average Bonchev–Trinajstić information content (AvgIpc) is 2.70. The van der Waals surface area contributed by atoms with Gasteiger partial charge in [0.1, 0.15) is 17.4 Å². The fourth-order valence-electron chi connectivity index (χ4n) is 3.56. The number of carbonyl (C=O) groups excluding carboxylic acids is 1. The first-order valence-electron chi connectivity index (χ1n) is 11.6. The van der Waals surface area contributed by atoms with E-state index in [2.05, 4.69) is 30.7 Å². The molecule has 1 aromatic carbocycles.